The van der Waals surface area contributed by atoms with Gasteiger partial charge in [0.2, 0.25) is 5.88 Å². The molecule has 0 saturated carbocycles. The first-order chi connectivity index (χ1) is 18.5. The summed E-state index contributed by atoms with van der Waals surface area (Å²) in [5.74, 6) is 2.58. The molecule has 7 nitrogen and oxygen atoms in total. The van der Waals surface area contributed by atoms with Crippen LogP contribution in [0.2, 0.25) is 0 Å². The van der Waals surface area contributed by atoms with Gasteiger partial charge in [0, 0.05) is 28.1 Å². The van der Waals surface area contributed by atoms with E-state index in [-0.39, 0.29) is 5.91 Å². The number of thiophene rings is 1. The van der Waals surface area contributed by atoms with Gasteiger partial charge in [-0.15, -0.1) is 11.3 Å². The van der Waals surface area contributed by atoms with E-state index in [0.717, 1.165) is 59.7 Å². The topological polar surface area (TPSA) is 76.6 Å². The average molecular weight is 594 g/mol. The van der Waals surface area contributed by atoms with Gasteiger partial charge in [-0.1, -0.05) is 19.1 Å². The number of halogens is 1. The number of nitrogens with zero attached hydrogens (tertiary/aromatic N) is 3. The van der Waals surface area contributed by atoms with Crippen molar-refractivity contribution in [3.8, 4) is 11.6 Å². The highest BCUT2D eigenvalue weighted by Crippen LogP contribution is 2.42. The van der Waals surface area contributed by atoms with Crippen molar-refractivity contribution < 1.29 is 14.3 Å². The van der Waals surface area contributed by atoms with Crippen molar-refractivity contribution in [2.24, 2.45) is 5.92 Å². The van der Waals surface area contributed by atoms with Crippen LogP contribution in [0.5, 0.6) is 11.6 Å². The Morgan fingerprint density at radius 2 is 1.95 bits per heavy atom. The molecule has 1 atom stereocenters. The number of carbonyl (C=O) groups excluding carboxylic acids is 1. The van der Waals surface area contributed by atoms with Crippen LogP contribution in [0.3, 0.4) is 0 Å². The van der Waals surface area contributed by atoms with E-state index in [1.807, 2.05) is 42.5 Å². The van der Waals surface area contributed by atoms with E-state index in [9.17, 15) is 4.79 Å². The molecular formula is C29H29BrN4O3S. The molecule has 1 saturated heterocycles. The molecule has 196 valence electrons. The molecule has 0 radical (unpaired) electrons. The molecule has 1 amide bonds. The van der Waals surface area contributed by atoms with Crippen molar-refractivity contribution in [2.75, 3.05) is 31.6 Å². The quantitative estimate of drug-likeness (QED) is 0.277. The molecule has 9 heteroatoms. The van der Waals surface area contributed by atoms with Gasteiger partial charge in [-0.25, -0.2) is 4.98 Å². The molecule has 0 spiro atoms. The normalized spacial score (nSPS) is 17.8. The van der Waals surface area contributed by atoms with Crippen molar-refractivity contribution in [1.29, 1.82) is 0 Å². The van der Waals surface area contributed by atoms with Crippen LogP contribution in [0.25, 0.3) is 10.2 Å². The molecule has 0 bridgehead atoms. The van der Waals surface area contributed by atoms with Crippen LogP contribution in [-0.2, 0) is 24.1 Å². The fraction of sp³-hybridized carbons (Fsp3) is 0.345. The Morgan fingerprint density at radius 1 is 1.16 bits per heavy atom. The summed E-state index contributed by atoms with van der Waals surface area (Å²) in [6.07, 6.45) is 3.28. The van der Waals surface area contributed by atoms with Crippen LogP contribution < -0.4 is 10.1 Å². The smallest absolute Gasteiger partial charge is 0.256 e. The van der Waals surface area contributed by atoms with E-state index in [4.69, 9.17) is 19.4 Å². The van der Waals surface area contributed by atoms with Gasteiger partial charge in [0.05, 0.1) is 30.7 Å². The van der Waals surface area contributed by atoms with Crippen LogP contribution in [0.15, 0.2) is 53.0 Å². The summed E-state index contributed by atoms with van der Waals surface area (Å²) in [5.41, 5.74) is 2.62. The lowest BCUT2D eigenvalue weighted by atomic mass is 9.89. The van der Waals surface area contributed by atoms with E-state index in [0.29, 0.717) is 35.3 Å². The van der Waals surface area contributed by atoms with Crippen LogP contribution in [0.4, 0.5) is 5.69 Å². The Hall–Kier alpha value is -2.85. The minimum absolute atomic E-state index is 0.171. The van der Waals surface area contributed by atoms with Crippen LogP contribution in [-0.4, -0.2) is 47.1 Å². The number of anilines is 1. The van der Waals surface area contributed by atoms with Crippen molar-refractivity contribution in [2.45, 2.75) is 32.7 Å². The van der Waals surface area contributed by atoms with Crippen LogP contribution >= 0.6 is 27.3 Å². The Balaban J connectivity index is 1.27. The van der Waals surface area contributed by atoms with Crippen LogP contribution in [0.1, 0.15) is 40.0 Å². The first kappa shape index (κ1) is 25.4. The molecule has 1 aliphatic heterocycles. The fourth-order valence-electron chi connectivity index (χ4n) is 5.02. The second kappa shape index (κ2) is 11.1. The maximum atomic E-state index is 12.7. The molecule has 38 heavy (non-hydrogen) atoms. The van der Waals surface area contributed by atoms with Crippen molar-refractivity contribution in [1.82, 2.24) is 14.9 Å². The van der Waals surface area contributed by atoms with Gasteiger partial charge in [-0.05, 0) is 83.1 Å². The number of hydrogen-bond acceptors (Lipinski definition) is 7. The lowest BCUT2D eigenvalue weighted by Crippen LogP contribution is -2.36. The van der Waals surface area contributed by atoms with Crippen molar-refractivity contribution in [3.05, 3.63) is 74.8 Å². The number of ether oxygens (including phenoxy) is 2. The zero-order valence-corrected chi connectivity index (χ0v) is 23.6. The number of rotatable bonds is 6. The summed E-state index contributed by atoms with van der Waals surface area (Å²) in [6.45, 7) is 6.22. The third kappa shape index (κ3) is 5.47. The fourth-order valence-corrected chi connectivity index (χ4v) is 6.87. The van der Waals surface area contributed by atoms with Gasteiger partial charge in [-0.3, -0.25) is 9.69 Å². The molecule has 6 rings (SSSR count). The zero-order valence-electron chi connectivity index (χ0n) is 21.2. The van der Waals surface area contributed by atoms with Crippen LogP contribution in [0, 0.1) is 5.92 Å². The number of fused-ring (bicyclic) bond motifs is 3. The summed E-state index contributed by atoms with van der Waals surface area (Å²) in [4.78, 5) is 27.3. The number of amides is 1. The largest absolute Gasteiger partial charge is 0.438 e. The molecule has 1 aliphatic carbocycles. The van der Waals surface area contributed by atoms with Gasteiger partial charge in [0.1, 0.15) is 16.4 Å². The number of carbonyl (C=O) groups is 1. The maximum absolute atomic E-state index is 12.7. The Morgan fingerprint density at radius 3 is 2.74 bits per heavy atom. The summed E-state index contributed by atoms with van der Waals surface area (Å²) in [6, 6.07) is 14.8. The number of benzene rings is 2. The number of nitrogens with one attached hydrogen (secondary N) is 1. The van der Waals surface area contributed by atoms with E-state index in [2.05, 4.69) is 33.1 Å². The number of aromatic nitrogens is 2. The van der Waals surface area contributed by atoms with Gasteiger partial charge >= 0.3 is 0 Å². The SMILES string of the molecule is CC1CCc2c(sc3nc(CN4CCOCC4)nc(Oc4ccc(NC(=O)c5ccccc5Br)cc4)c23)C1. The molecule has 4 aromatic rings. The molecule has 1 N–H and O–H groups in total. The molecular weight excluding hydrogens is 564 g/mol. The Bertz CT molecular complexity index is 1470. The van der Waals surface area contributed by atoms with E-state index < -0.39 is 0 Å². The maximum Gasteiger partial charge on any atom is 0.256 e. The van der Waals surface area contributed by atoms with Gasteiger partial charge in [-0.2, -0.15) is 4.98 Å². The van der Waals surface area contributed by atoms with E-state index >= 15 is 0 Å². The minimum atomic E-state index is -0.171. The highest BCUT2D eigenvalue weighted by Gasteiger charge is 2.25. The number of hydrogen-bond donors (Lipinski definition) is 1. The first-order valence-electron chi connectivity index (χ1n) is 13.0. The average Bonchev–Trinajstić information content (AvgIpc) is 3.28. The van der Waals surface area contributed by atoms with Gasteiger partial charge in [0.25, 0.3) is 5.91 Å². The summed E-state index contributed by atoms with van der Waals surface area (Å²) in [5, 5.41) is 4.00. The first-order valence-corrected chi connectivity index (χ1v) is 14.6. The third-order valence-corrected chi connectivity index (χ3v) is 8.92. The second-order valence-corrected chi connectivity index (χ2v) is 11.9. The second-order valence-electron chi connectivity index (χ2n) is 9.93. The Labute approximate surface area is 234 Å². The summed E-state index contributed by atoms with van der Waals surface area (Å²) in [7, 11) is 0. The number of morpholine rings is 1. The van der Waals surface area contributed by atoms with Gasteiger partial charge < -0.3 is 14.8 Å². The Kier molecular flexibility index (Phi) is 7.43. The molecule has 1 unspecified atom stereocenters. The molecule has 2 aliphatic rings. The zero-order chi connectivity index (χ0) is 26.1. The minimum Gasteiger partial charge on any atom is -0.438 e. The summed E-state index contributed by atoms with van der Waals surface area (Å²) < 4.78 is 12.7. The standard InChI is InChI=1S/C29H29BrN4O3S/c1-18-6-11-22-24(16-18)38-29-26(22)28(32-25(33-29)17-34-12-14-36-15-13-34)37-20-9-7-19(8-10-20)31-27(35)21-4-2-3-5-23(21)30/h2-5,7-10,18H,6,11-17H2,1H3,(H,31,35). The highest BCUT2D eigenvalue weighted by atomic mass is 79.9. The molecule has 3 heterocycles. The molecule has 2 aromatic carbocycles. The monoisotopic (exact) mass is 592 g/mol. The van der Waals surface area contributed by atoms with Gasteiger partial charge in [0.15, 0.2) is 0 Å². The summed E-state index contributed by atoms with van der Waals surface area (Å²) >= 11 is 5.23. The van der Waals surface area contributed by atoms with Crippen molar-refractivity contribution in [3.63, 3.8) is 0 Å². The van der Waals surface area contributed by atoms with Crippen molar-refractivity contribution >= 4 is 49.1 Å². The third-order valence-electron chi connectivity index (χ3n) is 7.08. The molecule has 1 fully saturated rings. The predicted octanol–water partition coefficient (Wildman–Crippen LogP) is 6.46. The molecule has 2 aromatic heterocycles. The lowest BCUT2D eigenvalue weighted by molar-refractivity contribution is 0.0330. The van der Waals surface area contributed by atoms with E-state index in [1.165, 1.54) is 16.9 Å². The number of aryl methyl sites for hydroxylation is 1. The predicted molar refractivity (Wildman–Crippen MR) is 153 cm³/mol. The van der Waals surface area contributed by atoms with E-state index in [1.54, 1.807) is 17.4 Å². The lowest BCUT2D eigenvalue weighted by Gasteiger charge is -2.25. The highest BCUT2D eigenvalue weighted by molar-refractivity contribution is 9.10.